The highest BCUT2D eigenvalue weighted by Gasteiger charge is 2.24. The van der Waals surface area contributed by atoms with Crippen LogP contribution in [0, 0.1) is 0 Å². The van der Waals surface area contributed by atoms with Crippen molar-refractivity contribution in [2.75, 3.05) is 37.6 Å². The Hall–Kier alpha value is -1.49. The van der Waals surface area contributed by atoms with Crippen LogP contribution in [0.15, 0.2) is 47.3 Å². The fourth-order valence-corrected chi connectivity index (χ4v) is 3.03. The molecule has 112 valence electrons. The smallest absolute Gasteiger partial charge is 0.0950 e. The Bertz CT molecular complexity index is 547. The van der Waals surface area contributed by atoms with Crippen molar-refractivity contribution < 1.29 is 4.42 Å². The van der Waals surface area contributed by atoms with E-state index in [0.29, 0.717) is 6.54 Å². The second kappa shape index (κ2) is 6.52. The lowest BCUT2D eigenvalue weighted by Gasteiger charge is -2.39. The van der Waals surface area contributed by atoms with E-state index in [2.05, 4.69) is 21.9 Å². The van der Waals surface area contributed by atoms with Crippen LogP contribution in [0.3, 0.4) is 0 Å². The number of hydrogen-bond donors (Lipinski definition) is 1. The van der Waals surface area contributed by atoms with E-state index in [1.54, 1.807) is 12.5 Å². The number of halogens is 1. The number of hydrogen-bond acceptors (Lipinski definition) is 4. The number of anilines is 1. The number of nitrogens with zero attached hydrogens (tertiary/aromatic N) is 2. The zero-order valence-corrected chi connectivity index (χ0v) is 12.7. The van der Waals surface area contributed by atoms with Crippen molar-refractivity contribution in [2.24, 2.45) is 5.73 Å². The van der Waals surface area contributed by atoms with Crippen molar-refractivity contribution in [3.63, 3.8) is 0 Å². The summed E-state index contributed by atoms with van der Waals surface area (Å²) in [5.41, 5.74) is 8.34. The summed E-state index contributed by atoms with van der Waals surface area (Å²) >= 11 is 5.94. The van der Waals surface area contributed by atoms with Gasteiger partial charge < -0.3 is 15.1 Å². The molecule has 4 nitrogen and oxygen atoms in total. The third-order valence-electron chi connectivity index (χ3n) is 4.10. The summed E-state index contributed by atoms with van der Waals surface area (Å²) in [6, 6.07) is 10.3. The van der Waals surface area contributed by atoms with Gasteiger partial charge in [-0.15, -0.1) is 0 Å². The molecule has 2 N–H and O–H groups in total. The summed E-state index contributed by atoms with van der Waals surface area (Å²) < 4.78 is 5.18. The van der Waals surface area contributed by atoms with Gasteiger partial charge in [0.2, 0.25) is 0 Å². The maximum absolute atomic E-state index is 5.95. The van der Waals surface area contributed by atoms with Crippen molar-refractivity contribution >= 4 is 17.3 Å². The molecule has 1 unspecified atom stereocenters. The molecule has 1 aromatic carbocycles. The van der Waals surface area contributed by atoms with Crippen LogP contribution in [0.2, 0.25) is 5.02 Å². The fourth-order valence-electron chi connectivity index (χ4n) is 2.90. The maximum Gasteiger partial charge on any atom is 0.0950 e. The van der Waals surface area contributed by atoms with Gasteiger partial charge in [0.1, 0.15) is 0 Å². The number of nitrogens with two attached hydrogens (primary N) is 1. The van der Waals surface area contributed by atoms with E-state index in [9.17, 15) is 0 Å². The summed E-state index contributed by atoms with van der Waals surface area (Å²) in [6.45, 7) is 4.60. The Morgan fingerprint density at radius 2 is 1.81 bits per heavy atom. The molecule has 1 aromatic heterocycles. The third kappa shape index (κ3) is 3.23. The summed E-state index contributed by atoms with van der Waals surface area (Å²) in [7, 11) is 0. The molecule has 0 aliphatic carbocycles. The van der Waals surface area contributed by atoms with Crippen LogP contribution in [0.4, 0.5) is 5.69 Å². The Morgan fingerprint density at radius 3 is 2.38 bits per heavy atom. The summed E-state index contributed by atoms with van der Waals surface area (Å²) in [4.78, 5) is 4.81. The summed E-state index contributed by atoms with van der Waals surface area (Å²) in [6.07, 6.45) is 3.51. The number of rotatable bonds is 4. The summed E-state index contributed by atoms with van der Waals surface area (Å²) in [5.74, 6) is 0. The molecular weight excluding hydrogens is 286 g/mol. The monoisotopic (exact) mass is 305 g/mol. The van der Waals surface area contributed by atoms with E-state index in [1.165, 1.54) is 5.69 Å². The molecule has 1 aliphatic heterocycles. The predicted octanol–water partition coefficient (Wildman–Crippen LogP) is 2.76. The molecule has 5 heteroatoms. The first-order chi connectivity index (χ1) is 10.3. The van der Waals surface area contributed by atoms with Crippen LogP contribution in [0.5, 0.6) is 0 Å². The average molecular weight is 306 g/mol. The first-order valence-electron chi connectivity index (χ1n) is 7.24. The molecule has 21 heavy (non-hydrogen) atoms. The van der Waals surface area contributed by atoms with Crippen molar-refractivity contribution in [1.82, 2.24) is 4.90 Å². The molecule has 1 aliphatic rings. The zero-order chi connectivity index (χ0) is 14.7. The standard InChI is InChI=1S/C16H20ClN3O/c17-14-1-3-15(4-2-14)19-6-8-20(9-7-19)16(11-18)13-5-10-21-12-13/h1-5,10,12,16H,6-9,11,18H2. The van der Waals surface area contributed by atoms with E-state index in [4.69, 9.17) is 21.8 Å². The molecule has 3 rings (SSSR count). The normalized spacial score (nSPS) is 17.9. The van der Waals surface area contributed by atoms with Crippen LogP contribution in [0.1, 0.15) is 11.6 Å². The van der Waals surface area contributed by atoms with Gasteiger partial charge in [-0.05, 0) is 30.3 Å². The minimum absolute atomic E-state index is 0.246. The number of piperazine rings is 1. The van der Waals surface area contributed by atoms with Gasteiger partial charge in [-0.1, -0.05) is 11.6 Å². The Balaban J connectivity index is 1.63. The minimum Gasteiger partial charge on any atom is -0.472 e. The molecular formula is C16H20ClN3O. The highest BCUT2D eigenvalue weighted by atomic mass is 35.5. The molecule has 1 saturated heterocycles. The quantitative estimate of drug-likeness (QED) is 0.943. The van der Waals surface area contributed by atoms with E-state index >= 15 is 0 Å². The van der Waals surface area contributed by atoms with Gasteiger partial charge in [-0.3, -0.25) is 4.90 Å². The molecule has 0 radical (unpaired) electrons. The van der Waals surface area contributed by atoms with Crippen molar-refractivity contribution in [3.8, 4) is 0 Å². The topological polar surface area (TPSA) is 45.6 Å². The SMILES string of the molecule is NCC(c1ccoc1)N1CCN(c2ccc(Cl)cc2)CC1. The Kier molecular flexibility index (Phi) is 4.48. The highest BCUT2D eigenvalue weighted by Crippen LogP contribution is 2.24. The lowest BCUT2D eigenvalue weighted by atomic mass is 10.1. The van der Waals surface area contributed by atoms with Crippen LogP contribution >= 0.6 is 11.6 Å². The van der Waals surface area contributed by atoms with E-state index in [0.717, 1.165) is 36.8 Å². The molecule has 1 atom stereocenters. The fraction of sp³-hybridized carbons (Fsp3) is 0.375. The Labute approximate surface area is 130 Å². The van der Waals surface area contributed by atoms with Crippen molar-refractivity contribution in [1.29, 1.82) is 0 Å². The second-order valence-corrected chi connectivity index (χ2v) is 5.74. The first kappa shape index (κ1) is 14.4. The average Bonchev–Trinajstić information content (AvgIpc) is 3.04. The highest BCUT2D eigenvalue weighted by molar-refractivity contribution is 6.30. The lowest BCUT2D eigenvalue weighted by Crippen LogP contribution is -2.49. The number of benzene rings is 1. The van der Waals surface area contributed by atoms with Gasteiger partial charge in [0.25, 0.3) is 0 Å². The molecule has 0 spiro atoms. The van der Waals surface area contributed by atoms with Crippen molar-refractivity contribution in [3.05, 3.63) is 53.4 Å². The number of furan rings is 1. The first-order valence-corrected chi connectivity index (χ1v) is 7.62. The summed E-state index contributed by atoms with van der Waals surface area (Å²) in [5, 5.41) is 0.778. The zero-order valence-electron chi connectivity index (χ0n) is 11.9. The van der Waals surface area contributed by atoms with Crippen LogP contribution in [-0.2, 0) is 0 Å². The van der Waals surface area contributed by atoms with Gasteiger partial charge in [-0.25, -0.2) is 0 Å². The largest absolute Gasteiger partial charge is 0.472 e. The van der Waals surface area contributed by atoms with Gasteiger partial charge in [0.15, 0.2) is 0 Å². The molecule has 1 fully saturated rings. The van der Waals surface area contributed by atoms with Gasteiger partial charge in [0, 0.05) is 49.0 Å². The minimum atomic E-state index is 0.246. The van der Waals surface area contributed by atoms with E-state index < -0.39 is 0 Å². The van der Waals surface area contributed by atoms with Crippen LogP contribution < -0.4 is 10.6 Å². The van der Waals surface area contributed by atoms with Crippen LogP contribution in [0.25, 0.3) is 0 Å². The van der Waals surface area contributed by atoms with E-state index in [-0.39, 0.29) is 6.04 Å². The van der Waals surface area contributed by atoms with E-state index in [1.807, 2.05) is 18.2 Å². The lowest BCUT2D eigenvalue weighted by molar-refractivity contribution is 0.189. The second-order valence-electron chi connectivity index (χ2n) is 5.31. The maximum atomic E-state index is 5.95. The van der Waals surface area contributed by atoms with Gasteiger partial charge >= 0.3 is 0 Å². The molecule has 2 heterocycles. The molecule has 2 aromatic rings. The van der Waals surface area contributed by atoms with Crippen molar-refractivity contribution in [2.45, 2.75) is 6.04 Å². The van der Waals surface area contributed by atoms with Gasteiger partial charge in [0.05, 0.1) is 18.6 Å². The molecule has 0 amide bonds. The molecule has 0 bridgehead atoms. The Morgan fingerprint density at radius 1 is 1.10 bits per heavy atom. The predicted molar refractivity (Wildman–Crippen MR) is 85.7 cm³/mol. The van der Waals surface area contributed by atoms with Gasteiger partial charge in [-0.2, -0.15) is 0 Å². The molecule has 0 saturated carbocycles. The van der Waals surface area contributed by atoms with Crippen LogP contribution in [-0.4, -0.2) is 37.6 Å². The third-order valence-corrected chi connectivity index (χ3v) is 4.35.